The first-order valence-corrected chi connectivity index (χ1v) is 7.27. The number of hydrogen-bond donors (Lipinski definition) is 1. The van der Waals surface area contributed by atoms with E-state index in [1.165, 1.54) is 6.07 Å². The topological polar surface area (TPSA) is 71.4 Å². The summed E-state index contributed by atoms with van der Waals surface area (Å²) >= 11 is 0. The summed E-state index contributed by atoms with van der Waals surface area (Å²) in [5.74, 6) is -1.57. The Balaban J connectivity index is 2.56. The largest absolute Gasteiger partial charge is 0.480 e. The zero-order valence-corrected chi connectivity index (χ0v) is 11.4. The number of hydrogen-bond acceptors (Lipinski definition) is 3. The van der Waals surface area contributed by atoms with Crippen molar-refractivity contribution in [3.63, 3.8) is 0 Å². The van der Waals surface area contributed by atoms with Crippen LogP contribution in [0.1, 0.15) is 24.5 Å². The molecule has 2 atom stereocenters. The SMILES string of the molecule is Cc1ccc(S(=O)(=O)C2(C(=O)O)CC2C)cc1C. The van der Waals surface area contributed by atoms with Crippen LogP contribution in [-0.2, 0) is 14.6 Å². The molecule has 0 radical (unpaired) electrons. The second-order valence-electron chi connectivity index (χ2n) is 5.05. The van der Waals surface area contributed by atoms with E-state index in [9.17, 15) is 18.3 Å². The maximum absolute atomic E-state index is 12.5. The summed E-state index contributed by atoms with van der Waals surface area (Å²) in [5.41, 5.74) is 1.84. The number of benzene rings is 1. The summed E-state index contributed by atoms with van der Waals surface area (Å²) in [4.78, 5) is 11.4. The lowest BCUT2D eigenvalue weighted by Gasteiger charge is -2.14. The lowest BCUT2D eigenvalue weighted by molar-refractivity contribution is -0.137. The molecule has 0 amide bonds. The molecule has 5 heteroatoms. The van der Waals surface area contributed by atoms with Gasteiger partial charge < -0.3 is 5.11 Å². The van der Waals surface area contributed by atoms with E-state index in [0.29, 0.717) is 0 Å². The van der Waals surface area contributed by atoms with Crippen LogP contribution in [0.15, 0.2) is 23.1 Å². The minimum absolute atomic E-state index is 0.109. The molecule has 0 bridgehead atoms. The third-order valence-electron chi connectivity index (χ3n) is 3.88. The van der Waals surface area contributed by atoms with Crippen LogP contribution in [0.5, 0.6) is 0 Å². The van der Waals surface area contributed by atoms with Crippen molar-refractivity contribution in [3.8, 4) is 0 Å². The predicted molar refractivity (Wildman–Crippen MR) is 67.2 cm³/mol. The average Bonchev–Trinajstić information content (AvgIpc) is 2.96. The number of aryl methyl sites for hydroxylation is 2. The van der Waals surface area contributed by atoms with Crippen LogP contribution in [0, 0.1) is 19.8 Å². The summed E-state index contributed by atoms with van der Waals surface area (Å²) in [6, 6.07) is 4.76. The predicted octanol–water partition coefficient (Wildman–Crippen LogP) is 1.94. The van der Waals surface area contributed by atoms with Crippen LogP contribution in [-0.4, -0.2) is 24.2 Å². The number of carbonyl (C=O) groups is 1. The molecule has 0 saturated heterocycles. The van der Waals surface area contributed by atoms with Crippen LogP contribution in [0.3, 0.4) is 0 Å². The second kappa shape index (κ2) is 3.82. The molecule has 4 nitrogen and oxygen atoms in total. The van der Waals surface area contributed by atoms with E-state index in [2.05, 4.69) is 0 Å². The van der Waals surface area contributed by atoms with E-state index >= 15 is 0 Å². The van der Waals surface area contributed by atoms with Gasteiger partial charge in [-0.2, -0.15) is 0 Å². The van der Waals surface area contributed by atoms with Crippen molar-refractivity contribution in [2.75, 3.05) is 0 Å². The summed E-state index contributed by atoms with van der Waals surface area (Å²) < 4.78 is 23.3. The molecule has 1 saturated carbocycles. The van der Waals surface area contributed by atoms with Gasteiger partial charge in [-0.05, 0) is 49.4 Å². The molecule has 1 aromatic carbocycles. The number of aliphatic carboxylic acids is 1. The average molecular weight is 268 g/mol. The van der Waals surface area contributed by atoms with Gasteiger partial charge in [-0.3, -0.25) is 4.79 Å². The van der Waals surface area contributed by atoms with Crippen LogP contribution >= 0.6 is 0 Å². The van der Waals surface area contributed by atoms with E-state index in [0.717, 1.165) is 11.1 Å². The molecule has 1 fully saturated rings. The standard InChI is InChI=1S/C13H16O4S/c1-8-4-5-11(6-9(8)2)18(16,17)13(12(14)15)7-10(13)3/h4-6,10H,7H2,1-3H3,(H,14,15). The van der Waals surface area contributed by atoms with E-state index in [-0.39, 0.29) is 17.2 Å². The quantitative estimate of drug-likeness (QED) is 0.909. The molecule has 1 aliphatic carbocycles. The second-order valence-corrected chi connectivity index (χ2v) is 7.26. The van der Waals surface area contributed by atoms with Crippen molar-refractivity contribution in [1.82, 2.24) is 0 Å². The minimum atomic E-state index is -3.81. The highest BCUT2D eigenvalue weighted by molar-refractivity contribution is 7.94. The Labute approximate surface area is 107 Å². The van der Waals surface area contributed by atoms with Crippen molar-refractivity contribution >= 4 is 15.8 Å². The fourth-order valence-electron chi connectivity index (χ4n) is 2.27. The van der Waals surface area contributed by atoms with Crippen molar-refractivity contribution in [2.24, 2.45) is 5.92 Å². The number of carboxylic acids is 1. The number of rotatable bonds is 3. The van der Waals surface area contributed by atoms with Crippen LogP contribution in [0.4, 0.5) is 0 Å². The first-order valence-electron chi connectivity index (χ1n) is 5.79. The molecule has 0 aliphatic heterocycles. The Kier molecular flexibility index (Phi) is 2.77. The Bertz CT molecular complexity index is 618. The molecule has 2 unspecified atom stereocenters. The number of sulfone groups is 1. The van der Waals surface area contributed by atoms with Crippen molar-refractivity contribution in [1.29, 1.82) is 0 Å². The summed E-state index contributed by atoms with van der Waals surface area (Å²) in [6.45, 7) is 5.36. The Morgan fingerprint density at radius 3 is 2.28 bits per heavy atom. The monoisotopic (exact) mass is 268 g/mol. The molecular weight excluding hydrogens is 252 g/mol. The van der Waals surface area contributed by atoms with Gasteiger partial charge in [-0.1, -0.05) is 13.0 Å². The van der Waals surface area contributed by atoms with Gasteiger partial charge in [0.2, 0.25) is 0 Å². The zero-order valence-electron chi connectivity index (χ0n) is 10.6. The Morgan fingerprint density at radius 2 is 1.89 bits per heavy atom. The minimum Gasteiger partial charge on any atom is -0.480 e. The maximum Gasteiger partial charge on any atom is 0.325 e. The van der Waals surface area contributed by atoms with E-state index in [4.69, 9.17) is 0 Å². The van der Waals surface area contributed by atoms with Gasteiger partial charge >= 0.3 is 5.97 Å². The molecule has 2 rings (SSSR count). The lowest BCUT2D eigenvalue weighted by Crippen LogP contribution is -2.34. The van der Waals surface area contributed by atoms with Crippen molar-refractivity contribution in [3.05, 3.63) is 29.3 Å². The van der Waals surface area contributed by atoms with E-state index in [1.807, 2.05) is 13.8 Å². The highest BCUT2D eigenvalue weighted by atomic mass is 32.2. The van der Waals surface area contributed by atoms with E-state index < -0.39 is 20.6 Å². The summed E-state index contributed by atoms with van der Waals surface area (Å²) in [7, 11) is -3.81. The van der Waals surface area contributed by atoms with Crippen LogP contribution < -0.4 is 0 Å². The van der Waals surface area contributed by atoms with Crippen LogP contribution in [0.2, 0.25) is 0 Å². The molecule has 0 aromatic heterocycles. The molecule has 98 valence electrons. The number of carboxylic acid groups (broad SMARTS) is 1. The van der Waals surface area contributed by atoms with Gasteiger partial charge in [-0.15, -0.1) is 0 Å². The van der Waals surface area contributed by atoms with Gasteiger partial charge in [0, 0.05) is 0 Å². The summed E-state index contributed by atoms with van der Waals surface area (Å²) in [6.07, 6.45) is 0.192. The molecule has 0 heterocycles. The molecule has 0 spiro atoms. The first kappa shape index (κ1) is 13.1. The fraction of sp³-hybridized carbons (Fsp3) is 0.462. The Hall–Kier alpha value is -1.36. The Morgan fingerprint density at radius 1 is 1.33 bits per heavy atom. The molecule has 1 N–H and O–H groups in total. The molecule has 1 aliphatic rings. The lowest BCUT2D eigenvalue weighted by atomic mass is 10.1. The maximum atomic E-state index is 12.5. The summed E-state index contributed by atoms with van der Waals surface area (Å²) in [5, 5.41) is 9.22. The zero-order chi connectivity index (χ0) is 13.7. The highest BCUT2D eigenvalue weighted by Gasteiger charge is 2.67. The van der Waals surface area contributed by atoms with Crippen molar-refractivity contribution < 1.29 is 18.3 Å². The molecule has 1 aromatic rings. The van der Waals surface area contributed by atoms with Crippen molar-refractivity contribution in [2.45, 2.75) is 36.8 Å². The normalized spacial score (nSPS) is 26.9. The van der Waals surface area contributed by atoms with Gasteiger partial charge in [0.15, 0.2) is 14.6 Å². The smallest absolute Gasteiger partial charge is 0.325 e. The first-order chi connectivity index (χ1) is 8.23. The molecular formula is C13H16O4S. The van der Waals surface area contributed by atoms with Gasteiger partial charge in [-0.25, -0.2) is 8.42 Å². The van der Waals surface area contributed by atoms with Crippen LogP contribution in [0.25, 0.3) is 0 Å². The highest BCUT2D eigenvalue weighted by Crippen LogP contribution is 2.52. The fourth-order valence-corrected chi connectivity index (χ4v) is 4.50. The van der Waals surface area contributed by atoms with E-state index in [1.54, 1.807) is 19.1 Å². The van der Waals surface area contributed by atoms with Gasteiger partial charge in [0.25, 0.3) is 0 Å². The molecule has 18 heavy (non-hydrogen) atoms. The third kappa shape index (κ3) is 1.57. The third-order valence-corrected chi connectivity index (χ3v) is 6.45. The van der Waals surface area contributed by atoms with Gasteiger partial charge in [0.05, 0.1) is 4.90 Å². The van der Waals surface area contributed by atoms with Gasteiger partial charge in [0.1, 0.15) is 0 Å².